The Morgan fingerprint density at radius 2 is 2.03 bits per heavy atom. The summed E-state index contributed by atoms with van der Waals surface area (Å²) < 4.78 is 13.2. The molecule has 3 heterocycles. The molecule has 2 aliphatic heterocycles. The molecular formula is C23H38N4O4. The van der Waals surface area contributed by atoms with E-state index in [2.05, 4.69) is 5.10 Å². The van der Waals surface area contributed by atoms with E-state index < -0.39 is 0 Å². The monoisotopic (exact) mass is 434 g/mol. The van der Waals surface area contributed by atoms with Crippen molar-refractivity contribution in [3.05, 3.63) is 17.0 Å². The Kier molecular flexibility index (Phi) is 8.49. The molecule has 0 aromatic carbocycles. The Hall–Kier alpha value is -1.93. The molecule has 1 aromatic heterocycles. The van der Waals surface area contributed by atoms with Crippen molar-refractivity contribution in [2.24, 2.45) is 7.05 Å². The maximum Gasteiger partial charge on any atom is 0.223 e. The Bertz CT molecular complexity index is 753. The van der Waals surface area contributed by atoms with Crippen LogP contribution >= 0.6 is 0 Å². The third-order valence-electron chi connectivity index (χ3n) is 6.33. The van der Waals surface area contributed by atoms with E-state index in [1.54, 1.807) is 6.92 Å². The zero-order valence-electron chi connectivity index (χ0n) is 19.6. The molecule has 8 heteroatoms. The van der Waals surface area contributed by atoms with Crippen molar-refractivity contribution >= 4 is 11.8 Å². The van der Waals surface area contributed by atoms with Crippen molar-refractivity contribution in [1.29, 1.82) is 0 Å². The summed E-state index contributed by atoms with van der Waals surface area (Å²) in [6, 6.07) is 0.183. The first kappa shape index (κ1) is 23.7. The van der Waals surface area contributed by atoms with E-state index in [-0.39, 0.29) is 24.0 Å². The van der Waals surface area contributed by atoms with E-state index >= 15 is 0 Å². The van der Waals surface area contributed by atoms with Crippen LogP contribution in [-0.4, -0.2) is 76.4 Å². The van der Waals surface area contributed by atoms with Gasteiger partial charge < -0.3 is 19.3 Å². The minimum absolute atomic E-state index is 0.115. The number of carbonyl (C=O) groups excluding carboxylic acids is 2. The number of aryl methyl sites for hydroxylation is 2. The number of amides is 2. The first-order valence-corrected chi connectivity index (χ1v) is 11.6. The van der Waals surface area contributed by atoms with Crippen molar-refractivity contribution in [2.75, 3.05) is 32.8 Å². The van der Waals surface area contributed by atoms with Crippen LogP contribution in [0, 0.1) is 0 Å². The summed E-state index contributed by atoms with van der Waals surface area (Å²) >= 11 is 0. The molecule has 2 amide bonds. The molecule has 1 aromatic rings. The number of nitrogens with zero attached hydrogens (tertiary/aromatic N) is 4. The molecule has 31 heavy (non-hydrogen) atoms. The maximum atomic E-state index is 13.3. The number of likely N-dealkylation sites (tertiary alicyclic amines) is 1. The Balaban J connectivity index is 1.61. The maximum absolute atomic E-state index is 13.3. The van der Waals surface area contributed by atoms with Gasteiger partial charge in [-0.1, -0.05) is 0 Å². The smallest absolute Gasteiger partial charge is 0.223 e. The number of hydrogen-bond acceptors (Lipinski definition) is 5. The second-order valence-electron chi connectivity index (χ2n) is 8.90. The quantitative estimate of drug-likeness (QED) is 0.556. The predicted octanol–water partition coefficient (Wildman–Crippen LogP) is 2.08. The van der Waals surface area contributed by atoms with Gasteiger partial charge in [0.2, 0.25) is 11.8 Å². The van der Waals surface area contributed by atoms with Gasteiger partial charge in [-0.05, 0) is 33.1 Å². The topological polar surface area (TPSA) is 76.9 Å². The summed E-state index contributed by atoms with van der Waals surface area (Å²) in [5.74, 6) is 0.283. The van der Waals surface area contributed by atoms with Gasteiger partial charge in [-0.15, -0.1) is 0 Å². The van der Waals surface area contributed by atoms with E-state index in [1.807, 2.05) is 35.4 Å². The van der Waals surface area contributed by atoms with Crippen LogP contribution in [0.2, 0.25) is 0 Å². The van der Waals surface area contributed by atoms with Gasteiger partial charge in [0.15, 0.2) is 0 Å². The number of rotatable bonds is 9. The van der Waals surface area contributed by atoms with Gasteiger partial charge >= 0.3 is 0 Å². The number of hydrogen-bond donors (Lipinski definition) is 0. The van der Waals surface area contributed by atoms with Crippen LogP contribution in [0.1, 0.15) is 63.4 Å². The van der Waals surface area contributed by atoms with Gasteiger partial charge in [0.25, 0.3) is 0 Å². The summed E-state index contributed by atoms with van der Waals surface area (Å²) in [5, 5.41) is 4.66. The normalized spacial score (nSPS) is 17.1. The fraction of sp³-hybridized carbons (Fsp3) is 0.783. The highest BCUT2D eigenvalue weighted by Crippen LogP contribution is 2.23. The van der Waals surface area contributed by atoms with Crippen LogP contribution in [0.25, 0.3) is 0 Å². The second kappa shape index (κ2) is 11.1. The largest absolute Gasteiger partial charge is 0.379 e. The third-order valence-corrected chi connectivity index (χ3v) is 6.33. The lowest BCUT2D eigenvalue weighted by Gasteiger charge is -2.38. The molecule has 0 spiro atoms. The molecule has 1 fully saturated rings. The van der Waals surface area contributed by atoms with Gasteiger partial charge in [-0.2, -0.15) is 5.10 Å². The molecule has 0 aliphatic carbocycles. The van der Waals surface area contributed by atoms with Gasteiger partial charge in [-0.3, -0.25) is 14.3 Å². The van der Waals surface area contributed by atoms with Crippen LogP contribution in [0.4, 0.5) is 0 Å². The van der Waals surface area contributed by atoms with Crippen LogP contribution < -0.4 is 0 Å². The summed E-state index contributed by atoms with van der Waals surface area (Å²) in [5.41, 5.74) is 3.38. The average Bonchev–Trinajstić information content (AvgIpc) is 3.08. The van der Waals surface area contributed by atoms with Gasteiger partial charge in [-0.25, -0.2) is 0 Å². The highest BCUT2D eigenvalue weighted by molar-refractivity contribution is 5.77. The first-order chi connectivity index (χ1) is 14.9. The Morgan fingerprint density at radius 1 is 1.29 bits per heavy atom. The summed E-state index contributed by atoms with van der Waals surface area (Å²) in [4.78, 5) is 28.9. The molecule has 8 nitrogen and oxygen atoms in total. The van der Waals surface area contributed by atoms with E-state index in [0.29, 0.717) is 32.6 Å². The lowest BCUT2D eigenvalue weighted by Crippen LogP contribution is -2.49. The molecule has 0 radical (unpaired) electrons. The van der Waals surface area contributed by atoms with Gasteiger partial charge in [0, 0.05) is 76.8 Å². The lowest BCUT2D eigenvalue weighted by atomic mass is 10.0. The van der Waals surface area contributed by atoms with Crippen molar-refractivity contribution in [3.8, 4) is 0 Å². The highest BCUT2D eigenvalue weighted by Gasteiger charge is 2.29. The number of carbonyl (C=O) groups is 2. The second-order valence-corrected chi connectivity index (χ2v) is 8.90. The Morgan fingerprint density at radius 3 is 2.71 bits per heavy atom. The van der Waals surface area contributed by atoms with Crippen LogP contribution in [0.5, 0.6) is 0 Å². The van der Waals surface area contributed by atoms with E-state index in [9.17, 15) is 9.59 Å². The molecule has 3 rings (SSSR count). The number of aromatic nitrogens is 2. The lowest BCUT2D eigenvalue weighted by molar-refractivity contribution is -0.136. The summed E-state index contributed by atoms with van der Waals surface area (Å²) in [6.07, 6.45) is 4.65. The predicted molar refractivity (Wildman–Crippen MR) is 118 cm³/mol. The number of fused-ring (bicyclic) bond motifs is 1. The van der Waals surface area contributed by atoms with Crippen LogP contribution in [0.3, 0.4) is 0 Å². The molecular weight excluding hydrogens is 396 g/mol. The van der Waals surface area contributed by atoms with Crippen molar-refractivity contribution in [3.63, 3.8) is 0 Å². The minimum Gasteiger partial charge on any atom is -0.379 e. The zero-order valence-corrected chi connectivity index (χ0v) is 19.6. The van der Waals surface area contributed by atoms with Crippen molar-refractivity contribution < 1.29 is 19.1 Å². The van der Waals surface area contributed by atoms with Gasteiger partial charge in [0.05, 0.1) is 25.0 Å². The first-order valence-electron chi connectivity index (χ1n) is 11.6. The average molecular weight is 435 g/mol. The highest BCUT2D eigenvalue weighted by atomic mass is 16.5. The number of piperidine rings is 1. The summed E-state index contributed by atoms with van der Waals surface area (Å²) in [6.45, 7) is 9.77. The summed E-state index contributed by atoms with van der Waals surface area (Å²) in [7, 11) is 1.97. The Labute approximate surface area is 185 Å². The molecule has 2 aliphatic rings. The SMILES string of the molecule is CC(=O)N1CCC(N(CCCOC(C)C)C(=O)CCc2nn(C)c3c2COCC3)CC1. The standard InChI is InChI=1S/C23H38N4O4/c1-17(2)31-14-5-11-27(19-8-12-26(13-9-19)18(3)28)23(29)7-6-21-20-16-30-15-10-22(20)25(4)24-21/h17,19H,5-16H2,1-4H3. The molecule has 1 saturated heterocycles. The zero-order chi connectivity index (χ0) is 22.4. The fourth-order valence-corrected chi connectivity index (χ4v) is 4.61. The van der Waals surface area contributed by atoms with Gasteiger partial charge in [0.1, 0.15) is 0 Å². The fourth-order valence-electron chi connectivity index (χ4n) is 4.61. The van der Waals surface area contributed by atoms with Crippen molar-refractivity contribution in [1.82, 2.24) is 19.6 Å². The minimum atomic E-state index is 0.115. The van der Waals surface area contributed by atoms with Crippen LogP contribution in [-0.2, 0) is 45.6 Å². The van der Waals surface area contributed by atoms with E-state index in [4.69, 9.17) is 9.47 Å². The van der Waals surface area contributed by atoms with E-state index in [1.165, 1.54) is 5.69 Å². The van der Waals surface area contributed by atoms with Crippen molar-refractivity contribution in [2.45, 2.75) is 78.0 Å². The molecule has 0 atom stereocenters. The van der Waals surface area contributed by atoms with Crippen LogP contribution in [0.15, 0.2) is 0 Å². The molecule has 0 unspecified atom stereocenters. The molecule has 174 valence electrons. The molecule has 0 N–H and O–H groups in total. The molecule has 0 saturated carbocycles. The van der Waals surface area contributed by atoms with E-state index in [0.717, 1.165) is 56.6 Å². The third kappa shape index (κ3) is 6.29. The molecule has 0 bridgehead atoms. The number of ether oxygens (including phenoxy) is 2.